The summed E-state index contributed by atoms with van der Waals surface area (Å²) in [4.78, 5) is 1.54. The Morgan fingerprint density at radius 3 is 2.91 bits per heavy atom. The van der Waals surface area contributed by atoms with Crippen molar-refractivity contribution in [3.05, 3.63) is 48.0 Å². The van der Waals surface area contributed by atoms with E-state index in [1.54, 1.807) is 0 Å². The molecule has 0 aliphatic carbocycles. The quantitative estimate of drug-likeness (QED) is 0.740. The first-order valence-electron chi connectivity index (χ1n) is 6.80. The highest BCUT2D eigenvalue weighted by atomic mass is 16.7. The molecule has 1 aromatic heterocycles. The van der Waals surface area contributed by atoms with E-state index in [9.17, 15) is 0 Å². The summed E-state index contributed by atoms with van der Waals surface area (Å²) in [6, 6.07) is 13.2. The summed E-state index contributed by atoms with van der Waals surface area (Å²) in [5, 5.41) is 12.5. The number of nitrogens with zero attached hydrogens (tertiary/aromatic N) is 4. The molecule has 0 saturated carbocycles. The number of hydrogen-bond donors (Lipinski definition) is 1. The van der Waals surface area contributed by atoms with Crippen LogP contribution in [0.3, 0.4) is 0 Å². The largest absolute Gasteiger partial charge is 0.454 e. The number of nitrogens with two attached hydrogens (primary N) is 1. The zero-order valence-electron chi connectivity index (χ0n) is 11.6. The van der Waals surface area contributed by atoms with E-state index in [0.717, 1.165) is 22.6 Å². The van der Waals surface area contributed by atoms with Crippen LogP contribution in [0.5, 0.6) is 11.5 Å². The minimum atomic E-state index is 0.264. The number of tetrazole rings is 1. The Bertz CT molecular complexity index is 830. The number of hydrogen-bond acceptors (Lipinski definition) is 6. The number of aromatic nitrogens is 4. The molecule has 3 aromatic rings. The van der Waals surface area contributed by atoms with Crippen molar-refractivity contribution in [2.75, 3.05) is 12.5 Å². The Labute approximate surface area is 126 Å². The van der Waals surface area contributed by atoms with E-state index in [-0.39, 0.29) is 6.79 Å². The molecule has 22 heavy (non-hydrogen) atoms. The molecule has 4 rings (SSSR count). The number of fused-ring (bicyclic) bond motifs is 1. The van der Waals surface area contributed by atoms with Crippen molar-refractivity contribution >= 4 is 5.69 Å². The predicted molar refractivity (Wildman–Crippen MR) is 79.3 cm³/mol. The molecule has 1 aliphatic heterocycles. The van der Waals surface area contributed by atoms with Gasteiger partial charge in [-0.3, -0.25) is 0 Å². The van der Waals surface area contributed by atoms with Gasteiger partial charge in [0, 0.05) is 11.3 Å². The van der Waals surface area contributed by atoms with Crippen LogP contribution >= 0.6 is 0 Å². The molecule has 110 valence electrons. The SMILES string of the molecule is Nc1cccc(-c2nnn(Cc3ccc4c(c3)OCO4)n2)c1. The maximum absolute atomic E-state index is 5.77. The summed E-state index contributed by atoms with van der Waals surface area (Å²) >= 11 is 0. The molecule has 0 atom stereocenters. The van der Waals surface area contributed by atoms with Crippen LogP contribution in [0.2, 0.25) is 0 Å². The van der Waals surface area contributed by atoms with Crippen molar-refractivity contribution in [2.24, 2.45) is 0 Å². The van der Waals surface area contributed by atoms with Crippen LogP contribution in [0.1, 0.15) is 5.56 Å². The lowest BCUT2D eigenvalue weighted by molar-refractivity contribution is 0.174. The Hall–Kier alpha value is -3.09. The molecule has 7 heteroatoms. The van der Waals surface area contributed by atoms with Crippen LogP contribution in [0.15, 0.2) is 42.5 Å². The topological polar surface area (TPSA) is 88.1 Å². The normalized spacial score (nSPS) is 12.5. The summed E-state index contributed by atoms with van der Waals surface area (Å²) in [6.07, 6.45) is 0. The van der Waals surface area contributed by atoms with Crippen LogP contribution < -0.4 is 15.2 Å². The van der Waals surface area contributed by atoms with Crippen molar-refractivity contribution in [3.63, 3.8) is 0 Å². The van der Waals surface area contributed by atoms with Gasteiger partial charge in [0.25, 0.3) is 0 Å². The summed E-state index contributed by atoms with van der Waals surface area (Å²) < 4.78 is 10.7. The van der Waals surface area contributed by atoms with Gasteiger partial charge >= 0.3 is 0 Å². The number of rotatable bonds is 3. The first-order chi connectivity index (χ1) is 10.8. The highest BCUT2D eigenvalue weighted by Crippen LogP contribution is 2.32. The molecule has 0 saturated heterocycles. The number of ether oxygens (including phenoxy) is 2. The zero-order valence-corrected chi connectivity index (χ0v) is 11.6. The fourth-order valence-electron chi connectivity index (χ4n) is 2.31. The minimum Gasteiger partial charge on any atom is -0.454 e. The number of benzene rings is 2. The van der Waals surface area contributed by atoms with Crippen molar-refractivity contribution in [1.82, 2.24) is 20.2 Å². The summed E-state index contributed by atoms with van der Waals surface area (Å²) in [5.74, 6) is 2.05. The second kappa shape index (κ2) is 5.03. The maximum atomic E-state index is 5.77. The van der Waals surface area contributed by atoms with Gasteiger partial charge in [-0.2, -0.15) is 4.80 Å². The van der Waals surface area contributed by atoms with Gasteiger partial charge in [-0.05, 0) is 35.0 Å². The predicted octanol–water partition coefficient (Wildman–Crippen LogP) is 1.70. The van der Waals surface area contributed by atoms with Crippen LogP contribution in [0, 0.1) is 0 Å². The fraction of sp³-hybridized carbons (Fsp3) is 0.133. The highest BCUT2D eigenvalue weighted by Gasteiger charge is 2.14. The van der Waals surface area contributed by atoms with E-state index >= 15 is 0 Å². The third kappa shape index (κ3) is 2.32. The molecule has 0 spiro atoms. The molecule has 1 aliphatic rings. The first-order valence-corrected chi connectivity index (χ1v) is 6.80. The molecular weight excluding hydrogens is 282 g/mol. The lowest BCUT2D eigenvalue weighted by Crippen LogP contribution is -2.04. The standard InChI is InChI=1S/C15H13N5O2/c16-12-3-1-2-11(7-12)15-17-19-20(18-15)8-10-4-5-13-14(6-10)22-9-21-13/h1-7H,8-9,16H2. The van der Waals surface area contributed by atoms with Gasteiger partial charge in [0.15, 0.2) is 11.5 Å². The monoisotopic (exact) mass is 295 g/mol. The molecule has 0 bridgehead atoms. The number of anilines is 1. The maximum Gasteiger partial charge on any atom is 0.231 e. The van der Waals surface area contributed by atoms with Gasteiger partial charge in [-0.1, -0.05) is 18.2 Å². The third-order valence-corrected chi connectivity index (χ3v) is 3.36. The Morgan fingerprint density at radius 1 is 1.09 bits per heavy atom. The van der Waals surface area contributed by atoms with Crippen molar-refractivity contribution in [3.8, 4) is 22.9 Å². The Morgan fingerprint density at radius 2 is 2.00 bits per heavy atom. The van der Waals surface area contributed by atoms with E-state index in [1.807, 2.05) is 42.5 Å². The molecule has 0 amide bonds. The van der Waals surface area contributed by atoms with E-state index in [4.69, 9.17) is 15.2 Å². The van der Waals surface area contributed by atoms with Gasteiger partial charge in [-0.15, -0.1) is 10.2 Å². The second-order valence-electron chi connectivity index (χ2n) is 4.96. The number of nitrogen functional groups attached to an aromatic ring is 1. The molecule has 0 fully saturated rings. The first kappa shape index (κ1) is 12.6. The molecule has 0 radical (unpaired) electrons. The molecule has 2 aromatic carbocycles. The smallest absolute Gasteiger partial charge is 0.231 e. The summed E-state index contributed by atoms with van der Waals surface area (Å²) in [5.41, 5.74) is 8.30. The molecular formula is C15H13N5O2. The lowest BCUT2D eigenvalue weighted by atomic mass is 10.2. The third-order valence-electron chi connectivity index (χ3n) is 3.36. The Kier molecular flexibility index (Phi) is 2.89. The second-order valence-corrected chi connectivity index (χ2v) is 4.96. The van der Waals surface area contributed by atoms with Gasteiger partial charge in [0.05, 0.1) is 6.54 Å². The van der Waals surface area contributed by atoms with Crippen molar-refractivity contribution in [1.29, 1.82) is 0 Å². The van der Waals surface area contributed by atoms with E-state index in [2.05, 4.69) is 15.4 Å². The Balaban J connectivity index is 1.57. The zero-order chi connectivity index (χ0) is 14.9. The molecule has 2 heterocycles. The van der Waals surface area contributed by atoms with Gasteiger partial charge in [0.2, 0.25) is 12.6 Å². The summed E-state index contributed by atoms with van der Waals surface area (Å²) in [7, 11) is 0. The van der Waals surface area contributed by atoms with Crippen LogP contribution in [0.25, 0.3) is 11.4 Å². The van der Waals surface area contributed by atoms with E-state index < -0.39 is 0 Å². The molecule has 0 unspecified atom stereocenters. The van der Waals surface area contributed by atoms with Crippen LogP contribution in [0.4, 0.5) is 5.69 Å². The molecule has 7 nitrogen and oxygen atoms in total. The summed E-state index contributed by atoms with van der Waals surface area (Å²) in [6.45, 7) is 0.770. The van der Waals surface area contributed by atoms with Gasteiger partial charge in [-0.25, -0.2) is 0 Å². The van der Waals surface area contributed by atoms with Crippen LogP contribution in [-0.4, -0.2) is 27.0 Å². The average molecular weight is 295 g/mol. The minimum absolute atomic E-state index is 0.264. The van der Waals surface area contributed by atoms with Crippen molar-refractivity contribution in [2.45, 2.75) is 6.54 Å². The molecule has 2 N–H and O–H groups in total. The van der Waals surface area contributed by atoms with E-state index in [0.29, 0.717) is 18.1 Å². The van der Waals surface area contributed by atoms with Crippen molar-refractivity contribution < 1.29 is 9.47 Å². The highest BCUT2D eigenvalue weighted by molar-refractivity contribution is 5.60. The van der Waals surface area contributed by atoms with Crippen LogP contribution in [-0.2, 0) is 6.54 Å². The lowest BCUT2D eigenvalue weighted by Gasteiger charge is -2.01. The fourth-order valence-corrected chi connectivity index (χ4v) is 2.31. The average Bonchev–Trinajstić information content (AvgIpc) is 3.16. The van der Waals surface area contributed by atoms with Gasteiger partial charge in [0.1, 0.15) is 0 Å². The van der Waals surface area contributed by atoms with Gasteiger partial charge < -0.3 is 15.2 Å². The van der Waals surface area contributed by atoms with E-state index in [1.165, 1.54) is 4.80 Å².